The zero-order valence-electron chi connectivity index (χ0n) is 20.3. The van der Waals surface area contributed by atoms with Gasteiger partial charge in [-0.25, -0.2) is 13.1 Å². The molecule has 0 saturated heterocycles. The van der Waals surface area contributed by atoms with Crippen molar-refractivity contribution < 1.29 is 18.0 Å². The Morgan fingerprint density at radius 3 is 2.31 bits per heavy atom. The van der Waals surface area contributed by atoms with Gasteiger partial charge >= 0.3 is 0 Å². The van der Waals surface area contributed by atoms with Crippen LogP contribution >= 0.6 is 0 Å². The third-order valence-corrected chi connectivity index (χ3v) is 7.58. The van der Waals surface area contributed by atoms with E-state index in [9.17, 15) is 18.0 Å². The zero-order chi connectivity index (χ0) is 25.6. The van der Waals surface area contributed by atoms with E-state index in [-0.39, 0.29) is 16.4 Å². The van der Waals surface area contributed by atoms with Gasteiger partial charge in [-0.1, -0.05) is 52.0 Å². The summed E-state index contributed by atoms with van der Waals surface area (Å²) in [6.45, 7) is 7.79. The van der Waals surface area contributed by atoms with Crippen LogP contribution in [0.1, 0.15) is 38.1 Å². The Hall–Kier alpha value is -3.50. The standard InChI is InChI=1S/C25H31N5O4S/c1-5-29(6-2)35(33,34)21-14-10-11-19(17-21)24(31)27-23(18(3)4)25(32)26-22-15-16-30(28-22)20-12-8-7-9-13-20/h7-18,23H,5-6H2,1-4H3,(H,27,31)(H,26,28,32). The maximum atomic E-state index is 13.0. The van der Waals surface area contributed by atoms with Crippen LogP contribution < -0.4 is 10.6 Å². The highest BCUT2D eigenvalue weighted by molar-refractivity contribution is 7.89. The number of carbonyl (C=O) groups is 2. The Kier molecular flexibility index (Phi) is 8.42. The van der Waals surface area contributed by atoms with Gasteiger partial charge in [-0.2, -0.15) is 9.40 Å². The molecule has 0 saturated carbocycles. The Morgan fingerprint density at radius 2 is 1.69 bits per heavy atom. The largest absolute Gasteiger partial charge is 0.340 e. The molecule has 3 aromatic rings. The van der Waals surface area contributed by atoms with Crippen molar-refractivity contribution in [1.29, 1.82) is 0 Å². The fourth-order valence-electron chi connectivity index (χ4n) is 3.59. The summed E-state index contributed by atoms with van der Waals surface area (Å²) in [4.78, 5) is 26.0. The first-order valence-electron chi connectivity index (χ1n) is 11.5. The molecule has 1 atom stereocenters. The minimum Gasteiger partial charge on any atom is -0.340 e. The lowest BCUT2D eigenvalue weighted by Gasteiger charge is -2.22. The summed E-state index contributed by atoms with van der Waals surface area (Å²) in [6, 6.07) is 16.1. The van der Waals surface area contributed by atoms with Crippen LogP contribution in [0, 0.1) is 5.92 Å². The SMILES string of the molecule is CCN(CC)S(=O)(=O)c1cccc(C(=O)NC(C(=O)Nc2ccn(-c3ccccc3)n2)C(C)C)c1. The number of hydrogen-bond acceptors (Lipinski definition) is 5. The molecule has 0 spiro atoms. The van der Waals surface area contributed by atoms with Gasteiger partial charge < -0.3 is 10.6 Å². The lowest BCUT2D eigenvalue weighted by Crippen LogP contribution is -2.47. The number of sulfonamides is 1. The molecule has 0 aliphatic rings. The van der Waals surface area contributed by atoms with Gasteiger partial charge in [0.1, 0.15) is 6.04 Å². The first-order chi connectivity index (χ1) is 16.7. The summed E-state index contributed by atoms with van der Waals surface area (Å²) in [5, 5.41) is 9.85. The monoisotopic (exact) mass is 497 g/mol. The second-order valence-electron chi connectivity index (χ2n) is 8.28. The fourth-order valence-corrected chi connectivity index (χ4v) is 5.09. The summed E-state index contributed by atoms with van der Waals surface area (Å²) in [7, 11) is -3.72. The third kappa shape index (κ3) is 6.14. The molecule has 0 fully saturated rings. The molecular weight excluding hydrogens is 466 g/mol. The van der Waals surface area contributed by atoms with Gasteiger partial charge in [-0.3, -0.25) is 9.59 Å². The lowest BCUT2D eigenvalue weighted by molar-refractivity contribution is -0.118. The van der Waals surface area contributed by atoms with Gasteiger partial charge in [0.25, 0.3) is 5.91 Å². The lowest BCUT2D eigenvalue weighted by atomic mass is 10.0. The summed E-state index contributed by atoms with van der Waals surface area (Å²) in [5.41, 5.74) is 1.01. The van der Waals surface area contributed by atoms with Crippen molar-refractivity contribution in [2.24, 2.45) is 5.92 Å². The average molecular weight is 498 g/mol. The molecule has 0 bridgehead atoms. The number of nitrogens with one attached hydrogen (secondary N) is 2. The summed E-state index contributed by atoms with van der Waals surface area (Å²) in [6.07, 6.45) is 1.73. The van der Waals surface area contributed by atoms with Crippen LogP contribution in [0.2, 0.25) is 0 Å². The van der Waals surface area contributed by atoms with Crippen molar-refractivity contribution in [1.82, 2.24) is 19.4 Å². The van der Waals surface area contributed by atoms with Gasteiger partial charge in [0.15, 0.2) is 5.82 Å². The highest BCUT2D eigenvalue weighted by Gasteiger charge is 2.27. The maximum Gasteiger partial charge on any atom is 0.251 e. The molecule has 1 heterocycles. The van der Waals surface area contributed by atoms with Crippen molar-refractivity contribution in [2.75, 3.05) is 18.4 Å². The number of aromatic nitrogens is 2. The van der Waals surface area contributed by atoms with Gasteiger partial charge in [0.05, 0.1) is 10.6 Å². The number of benzene rings is 2. The van der Waals surface area contributed by atoms with Crippen molar-refractivity contribution in [2.45, 2.75) is 38.6 Å². The number of anilines is 1. The highest BCUT2D eigenvalue weighted by Crippen LogP contribution is 2.18. The van der Waals surface area contributed by atoms with Crippen LogP contribution in [-0.2, 0) is 14.8 Å². The van der Waals surface area contributed by atoms with Crippen molar-refractivity contribution in [3.05, 3.63) is 72.4 Å². The van der Waals surface area contributed by atoms with Crippen molar-refractivity contribution in [3.63, 3.8) is 0 Å². The Morgan fingerprint density at radius 1 is 1.00 bits per heavy atom. The smallest absolute Gasteiger partial charge is 0.251 e. The van der Waals surface area contributed by atoms with E-state index >= 15 is 0 Å². The van der Waals surface area contributed by atoms with Crippen molar-refractivity contribution >= 4 is 27.7 Å². The summed E-state index contributed by atoms with van der Waals surface area (Å²) in [5.74, 6) is -0.826. The fraction of sp³-hybridized carbons (Fsp3) is 0.320. The number of carbonyl (C=O) groups excluding carboxylic acids is 2. The minimum absolute atomic E-state index is 0.0332. The van der Waals surface area contributed by atoms with Crippen LogP contribution in [0.3, 0.4) is 0 Å². The Labute approximate surface area is 206 Å². The van der Waals surface area contributed by atoms with Crippen LogP contribution in [0.25, 0.3) is 5.69 Å². The number of nitrogens with zero attached hydrogens (tertiary/aromatic N) is 3. The molecule has 0 radical (unpaired) electrons. The van der Waals surface area contributed by atoms with Gasteiger partial charge in [-0.15, -0.1) is 0 Å². The molecule has 35 heavy (non-hydrogen) atoms. The van der Waals surface area contributed by atoms with E-state index in [0.29, 0.717) is 18.9 Å². The van der Waals surface area contributed by atoms with E-state index < -0.39 is 27.9 Å². The second-order valence-corrected chi connectivity index (χ2v) is 10.2. The van der Waals surface area contributed by atoms with Crippen molar-refractivity contribution in [3.8, 4) is 5.69 Å². The van der Waals surface area contributed by atoms with E-state index in [0.717, 1.165) is 5.69 Å². The van der Waals surface area contributed by atoms with Crippen LogP contribution in [0.5, 0.6) is 0 Å². The molecule has 2 amide bonds. The summed E-state index contributed by atoms with van der Waals surface area (Å²) >= 11 is 0. The van der Waals surface area contributed by atoms with Gasteiger partial charge in [-0.05, 0) is 36.2 Å². The quantitative estimate of drug-likeness (QED) is 0.446. The van der Waals surface area contributed by atoms with E-state index in [1.807, 2.05) is 44.2 Å². The minimum atomic E-state index is -3.72. The molecule has 186 valence electrons. The number of para-hydroxylation sites is 1. The van der Waals surface area contributed by atoms with E-state index in [1.54, 1.807) is 30.8 Å². The molecule has 10 heteroatoms. The van der Waals surface area contributed by atoms with Crippen LogP contribution in [-0.4, -0.2) is 53.4 Å². The Balaban J connectivity index is 1.75. The molecular formula is C25H31N5O4S. The molecule has 9 nitrogen and oxygen atoms in total. The first-order valence-corrected chi connectivity index (χ1v) is 12.9. The summed E-state index contributed by atoms with van der Waals surface area (Å²) < 4.78 is 28.6. The number of amides is 2. The predicted octanol–water partition coefficient (Wildman–Crippen LogP) is 3.30. The molecule has 2 aromatic carbocycles. The van der Waals surface area contributed by atoms with E-state index in [2.05, 4.69) is 15.7 Å². The second kappa shape index (κ2) is 11.3. The van der Waals surface area contributed by atoms with E-state index in [4.69, 9.17) is 0 Å². The zero-order valence-corrected chi connectivity index (χ0v) is 21.1. The van der Waals surface area contributed by atoms with Crippen LogP contribution in [0.15, 0.2) is 71.8 Å². The highest BCUT2D eigenvalue weighted by atomic mass is 32.2. The topological polar surface area (TPSA) is 113 Å². The molecule has 0 aliphatic heterocycles. The van der Waals surface area contributed by atoms with Crippen LogP contribution in [0.4, 0.5) is 5.82 Å². The molecule has 1 unspecified atom stereocenters. The first kappa shape index (κ1) is 26.1. The van der Waals surface area contributed by atoms with E-state index in [1.165, 1.54) is 28.6 Å². The maximum absolute atomic E-state index is 13.0. The Bertz CT molecular complexity index is 1270. The molecule has 0 aliphatic carbocycles. The number of hydrogen-bond donors (Lipinski definition) is 2. The third-order valence-electron chi connectivity index (χ3n) is 5.54. The van der Waals surface area contributed by atoms with Gasteiger partial charge in [0, 0.05) is 30.9 Å². The van der Waals surface area contributed by atoms with Gasteiger partial charge in [0.2, 0.25) is 15.9 Å². The molecule has 3 rings (SSSR count). The number of rotatable bonds is 10. The molecule has 1 aromatic heterocycles. The average Bonchev–Trinajstić information content (AvgIpc) is 3.31. The normalized spacial score (nSPS) is 12.5. The predicted molar refractivity (Wildman–Crippen MR) is 135 cm³/mol. The molecule has 2 N–H and O–H groups in total.